The molecule has 1 heteroatoms. The number of hydrogen-bond acceptors (Lipinski definition) is 0. The van der Waals surface area contributed by atoms with E-state index in [0.717, 1.165) is 10.6 Å². The van der Waals surface area contributed by atoms with Crippen LogP contribution in [0.5, 0.6) is 0 Å². The lowest BCUT2D eigenvalue weighted by molar-refractivity contribution is 1.52. The summed E-state index contributed by atoms with van der Waals surface area (Å²) in [5.74, 6) is 0. The largest absolute Gasteiger partial charge is 0.0988 e. The van der Waals surface area contributed by atoms with Crippen molar-refractivity contribution in [1.29, 1.82) is 0 Å². The second-order valence-corrected chi connectivity index (χ2v) is 2.46. The Labute approximate surface area is 61.5 Å². The Morgan fingerprint density at radius 3 is 2.22 bits per heavy atom. The molecule has 0 aliphatic rings. The van der Waals surface area contributed by atoms with Gasteiger partial charge in [0.15, 0.2) is 0 Å². The summed E-state index contributed by atoms with van der Waals surface area (Å²) in [5, 5.41) is 0.788. The summed E-state index contributed by atoms with van der Waals surface area (Å²) in [6.45, 7) is 7.42. The molecule has 0 fully saturated rings. The van der Waals surface area contributed by atoms with Crippen LogP contribution in [-0.4, -0.2) is 0 Å². The fraction of sp³-hybridized carbons (Fsp3) is 0.250. The maximum Gasteiger partial charge on any atom is 0.0150 e. The first kappa shape index (κ1) is 8.51. The maximum absolute atomic E-state index is 5.56. The van der Waals surface area contributed by atoms with Crippen LogP contribution in [0.2, 0.25) is 0 Å². The summed E-state index contributed by atoms with van der Waals surface area (Å²) in [5.41, 5.74) is 1.12. The molecular formula is C8H11Cl. The lowest BCUT2D eigenvalue weighted by Crippen LogP contribution is -1.63. The van der Waals surface area contributed by atoms with E-state index in [2.05, 4.69) is 6.58 Å². The topological polar surface area (TPSA) is 0 Å². The van der Waals surface area contributed by atoms with E-state index in [1.165, 1.54) is 0 Å². The van der Waals surface area contributed by atoms with Gasteiger partial charge in [-0.05, 0) is 19.9 Å². The van der Waals surface area contributed by atoms with Crippen molar-refractivity contribution >= 4 is 11.6 Å². The maximum atomic E-state index is 5.56. The predicted molar refractivity (Wildman–Crippen MR) is 43.6 cm³/mol. The van der Waals surface area contributed by atoms with Crippen LogP contribution in [0.15, 0.2) is 35.4 Å². The van der Waals surface area contributed by atoms with Gasteiger partial charge in [0.25, 0.3) is 0 Å². The zero-order valence-corrected chi connectivity index (χ0v) is 6.57. The number of allylic oxidation sites excluding steroid dienone is 5. The quantitative estimate of drug-likeness (QED) is 0.520. The van der Waals surface area contributed by atoms with E-state index in [9.17, 15) is 0 Å². The molecule has 0 bridgehead atoms. The highest BCUT2D eigenvalue weighted by atomic mass is 35.5. The van der Waals surface area contributed by atoms with E-state index < -0.39 is 0 Å². The van der Waals surface area contributed by atoms with Crippen LogP contribution in [0, 0.1) is 0 Å². The van der Waals surface area contributed by atoms with Crippen LogP contribution in [0.4, 0.5) is 0 Å². The molecule has 0 saturated carbocycles. The van der Waals surface area contributed by atoms with Crippen LogP contribution in [-0.2, 0) is 0 Å². The van der Waals surface area contributed by atoms with Crippen molar-refractivity contribution in [1.82, 2.24) is 0 Å². The van der Waals surface area contributed by atoms with Crippen LogP contribution < -0.4 is 0 Å². The van der Waals surface area contributed by atoms with Crippen LogP contribution in [0.3, 0.4) is 0 Å². The lowest BCUT2D eigenvalue weighted by Gasteiger charge is -1.84. The molecule has 0 aromatic carbocycles. The first-order valence-electron chi connectivity index (χ1n) is 2.80. The molecule has 0 nitrogen and oxygen atoms in total. The Morgan fingerprint density at radius 2 is 1.89 bits per heavy atom. The van der Waals surface area contributed by atoms with Crippen LogP contribution in [0.25, 0.3) is 0 Å². The van der Waals surface area contributed by atoms with Crippen molar-refractivity contribution in [3.8, 4) is 0 Å². The average molecular weight is 143 g/mol. The Bertz CT molecular complexity index is 148. The standard InChI is InChI=1S/C8H11Cl/c1-4-7(2)5-6-8(3)9/h4-6H,1H2,2-3H3/b7-5-,8-6+. The minimum absolute atomic E-state index is 0.788. The van der Waals surface area contributed by atoms with Gasteiger partial charge in [0.05, 0.1) is 0 Å². The molecule has 0 aliphatic carbocycles. The molecule has 0 radical (unpaired) electrons. The van der Waals surface area contributed by atoms with Crippen molar-refractivity contribution in [2.75, 3.05) is 0 Å². The third kappa shape index (κ3) is 5.38. The van der Waals surface area contributed by atoms with Crippen molar-refractivity contribution in [3.05, 3.63) is 35.4 Å². The molecule has 0 amide bonds. The third-order valence-corrected chi connectivity index (χ3v) is 1.02. The summed E-state index contributed by atoms with van der Waals surface area (Å²) in [4.78, 5) is 0. The summed E-state index contributed by atoms with van der Waals surface area (Å²) < 4.78 is 0. The van der Waals surface area contributed by atoms with Crippen molar-refractivity contribution < 1.29 is 0 Å². The van der Waals surface area contributed by atoms with Crippen molar-refractivity contribution in [2.45, 2.75) is 13.8 Å². The number of hydrogen-bond donors (Lipinski definition) is 0. The molecule has 0 atom stereocenters. The molecule has 0 aromatic rings. The highest BCUT2D eigenvalue weighted by Crippen LogP contribution is 2.00. The molecule has 50 valence electrons. The molecule has 0 unspecified atom stereocenters. The van der Waals surface area contributed by atoms with Crippen LogP contribution >= 0.6 is 11.6 Å². The van der Waals surface area contributed by atoms with Crippen LogP contribution in [0.1, 0.15) is 13.8 Å². The van der Waals surface area contributed by atoms with Gasteiger partial charge in [0.1, 0.15) is 0 Å². The Hall–Kier alpha value is -0.490. The van der Waals surface area contributed by atoms with Gasteiger partial charge in [-0.1, -0.05) is 35.9 Å². The minimum atomic E-state index is 0.788. The van der Waals surface area contributed by atoms with Crippen molar-refractivity contribution in [3.63, 3.8) is 0 Å². The molecule has 0 spiro atoms. The van der Waals surface area contributed by atoms with Crippen molar-refractivity contribution in [2.24, 2.45) is 0 Å². The van der Waals surface area contributed by atoms with Gasteiger partial charge in [-0.3, -0.25) is 0 Å². The summed E-state index contributed by atoms with van der Waals surface area (Å²) in [6.07, 6.45) is 5.56. The Morgan fingerprint density at radius 1 is 1.33 bits per heavy atom. The van der Waals surface area contributed by atoms with E-state index in [1.54, 1.807) is 6.08 Å². The summed E-state index contributed by atoms with van der Waals surface area (Å²) >= 11 is 5.56. The lowest BCUT2D eigenvalue weighted by atomic mass is 10.3. The molecule has 0 heterocycles. The van der Waals surface area contributed by atoms with Gasteiger partial charge in [-0.15, -0.1) is 0 Å². The Balaban J connectivity index is 3.98. The Kier molecular flexibility index (Phi) is 4.16. The van der Waals surface area contributed by atoms with Gasteiger partial charge >= 0.3 is 0 Å². The molecule has 0 aromatic heterocycles. The fourth-order valence-electron chi connectivity index (χ4n) is 0.314. The first-order valence-corrected chi connectivity index (χ1v) is 3.17. The normalized spacial score (nSPS) is 13.7. The number of halogens is 1. The molecule has 9 heavy (non-hydrogen) atoms. The third-order valence-electron chi connectivity index (χ3n) is 0.898. The SMILES string of the molecule is C=C/C(C)=C\C=C(/C)Cl. The molecular weight excluding hydrogens is 132 g/mol. The summed E-state index contributed by atoms with van der Waals surface area (Å²) in [7, 11) is 0. The molecule has 0 N–H and O–H groups in total. The van der Waals surface area contributed by atoms with Gasteiger partial charge < -0.3 is 0 Å². The fourth-order valence-corrected chi connectivity index (χ4v) is 0.377. The highest BCUT2D eigenvalue weighted by Gasteiger charge is 1.76. The van der Waals surface area contributed by atoms with E-state index in [4.69, 9.17) is 11.6 Å². The van der Waals surface area contributed by atoms with E-state index in [0.29, 0.717) is 0 Å². The highest BCUT2D eigenvalue weighted by molar-refractivity contribution is 6.29. The monoisotopic (exact) mass is 142 g/mol. The van der Waals surface area contributed by atoms with Gasteiger partial charge in [0, 0.05) is 5.03 Å². The number of rotatable bonds is 2. The second kappa shape index (κ2) is 4.39. The summed E-state index contributed by atoms with van der Waals surface area (Å²) in [6, 6.07) is 0. The molecule has 0 saturated heterocycles. The molecule has 0 rings (SSSR count). The van der Waals surface area contributed by atoms with E-state index >= 15 is 0 Å². The first-order chi connectivity index (χ1) is 4.16. The zero-order chi connectivity index (χ0) is 7.28. The van der Waals surface area contributed by atoms with Gasteiger partial charge in [-0.25, -0.2) is 0 Å². The zero-order valence-electron chi connectivity index (χ0n) is 5.82. The predicted octanol–water partition coefficient (Wildman–Crippen LogP) is 3.26. The van der Waals surface area contributed by atoms with Gasteiger partial charge in [-0.2, -0.15) is 0 Å². The average Bonchev–Trinajstić information content (AvgIpc) is 1.83. The molecule has 0 aliphatic heterocycles. The smallest absolute Gasteiger partial charge is 0.0150 e. The second-order valence-electron chi connectivity index (χ2n) is 1.87. The van der Waals surface area contributed by atoms with E-state index in [1.807, 2.05) is 26.0 Å². The van der Waals surface area contributed by atoms with E-state index in [-0.39, 0.29) is 0 Å². The minimum Gasteiger partial charge on any atom is -0.0988 e. The van der Waals surface area contributed by atoms with Gasteiger partial charge in [0.2, 0.25) is 0 Å².